The third-order valence-corrected chi connectivity index (χ3v) is 6.18. The van der Waals surface area contributed by atoms with Crippen molar-refractivity contribution >= 4 is 33.5 Å². The molecule has 0 bridgehead atoms. The van der Waals surface area contributed by atoms with Gasteiger partial charge in [0.05, 0.1) is 22.3 Å². The molecule has 3 aromatic rings. The molecule has 1 aliphatic heterocycles. The fourth-order valence-corrected chi connectivity index (χ4v) is 4.57. The van der Waals surface area contributed by atoms with Gasteiger partial charge in [0.25, 0.3) is 0 Å². The van der Waals surface area contributed by atoms with Crippen LogP contribution in [0.3, 0.4) is 0 Å². The molecule has 0 unspecified atom stereocenters. The highest BCUT2D eigenvalue weighted by Gasteiger charge is 2.25. The zero-order valence-electron chi connectivity index (χ0n) is 15.3. The van der Waals surface area contributed by atoms with Gasteiger partial charge in [0, 0.05) is 25.1 Å². The summed E-state index contributed by atoms with van der Waals surface area (Å²) in [4.78, 5) is 19.2. The number of nitrogens with zero attached hydrogens (tertiary/aromatic N) is 2. The number of thiazole rings is 1. The van der Waals surface area contributed by atoms with Gasteiger partial charge in [-0.3, -0.25) is 4.79 Å². The molecule has 138 valence electrons. The van der Waals surface area contributed by atoms with Gasteiger partial charge in [-0.15, -0.1) is 11.3 Å². The van der Waals surface area contributed by atoms with Crippen molar-refractivity contribution in [1.82, 2.24) is 9.88 Å². The van der Waals surface area contributed by atoms with Crippen LogP contribution in [0.2, 0.25) is 0 Å². The minimum Gasteiger partial charge on any atom is -0.497 e. The molecule has 1 amide bonds. The van der Waals surface area contributed by atoms with Crippen molar-refractivity contribution in [3.63, 3.8) is 0 Å². The van der Waals surface area contributed by atoms with E-state index in [9.17, 15) is 4.79 Å². The van der Waals surface area contributed by atoms with Crippen molar-refractivity contribution in [2.24, 2.45) is 0 Å². The highest BCUT2D eigenvalue weighted by Crippen LogP contribution is 2.33. The summed E-state index contributed by atoms with van der Waals surface area (Å²) in [6, 6.07) is 16.0. The predicted octanol–water partition coefficient (Wildman–Crippen LogP) is 4.72. The number of carbonyl (C=O) groups is 1. The number of para-hydroxylation sites is 1. The smallest absolute Gasteiger partial charge is 0.246 e. The van der Waals surface area contributed by atoms with E-state index < -0.39 is 0 Å². The molecule has 1 saturated heterocycles. The lowest BCUT2D eigenvalue weighted by Gasteiger charge is -2.30. The van der Waals surface area contributed by atoms with Crippen molar-refractivity contribution in [2.45, 2.75) is 18.8 Å². The normalized spacial score (nSPS) is 15.5. The second-order valence-corrected chi connectivity index (χ2v) is 7.79. The van der Waals surface area contributed by atoms with Gasteiger partial charge in [-0.1, -0.05) is 24.3 Å². The van der Waals surface area contributed by atoms with Crippen LogP contribution in [0, 0.1) is 0 Å². The van der Waals surface area contributed by atoms with Gasteiger partial charge < -0.3 is 9.64 Å². The molecule has 4 nitrogen and oxygen atoms in total. The molecule has 2 aromatic carbocycles. The molecule has 0 atom stereocenters. The number of aromatic nitrogens is 1. The number of ether oxygens (including phenoxy) is 1. The van der Waals surface area contributed by atoms with E-state index >= 15 is 0 Å². The maximum Gasteiger partial charge on any atom is 0.246 e. The number of methoxy groups -OCH3 is 1. The van der Waals surface area contributed by atoms with Crippen LogP contribution in [0.5, 0.6) is 5.75 Å². The Labute approximate surface area is 163 Å². The van der Waals surface area contributed by atoms with Crippen LogP contribution in [0.4, 0.5) is 0 Å². The molecule has 1 aromatic heterocycles. The average Bonchev–Trinajstić information content (AvgIpc) is 3.16. The molecule has 0 radical (unpaired) electrons. The highest BCUT2D eigenvalue weighted by molar-refractivity contribution is 7.18. The molecule has 2 heterocycles. The first-order chi connectivity index (χ1) is 13.2. The molecule has 0 saturated carbocycles. The Morgan fingerprint density at radius 2 is 2.00 bits per heavy atom. The van der Waals surface area contributed by atoms with Crippen molar-refractivity contribution in [3.8, 4) is 5.75 Å². The zero-order chi connectivity index (χ0) is 18.6. The summed E-state index contributed by atoms with van der Waals surface area (Å²) in [6.45, 7) is 1.56. The predicted molar refractivity (Wildman–Crippen MR) is 110 cm³/mol. The number of fused-ring (bicyclic) bond motifs is 1. The van der Waals surface area contributed by atoms with Crippen LogP contribution < -0.4 is 4.74 Å². The number of likely N-dealkylation sites (tertiary alicyclic amines) is 1. The molecule has 5 heteroatoms. The van der Waals surface area contributed by atoms with E-state index in [0.717, 1.165) is 42.8 Å². The first kappa shape index (κ1) is 17.7. The van der Waals surface area contributed by atoms with Crippen LogP contribution in [0.25, 0.3) is 16.3 Å². The molecular formula is C22H22N2O2S. The fourth-order valence-electron chi connectivity index (χ4n) is 3.43. The first-order valence-electron chi connectivity index (χ1n) is 9.19. The molecular weight excluding hydrogens is 356 g/mol. The molecule has 0 spiro atoms. The number of hydrogen-bond acceptors (Lipinski definition) is 4. The summed E-state index contributed by atoms with van der Waals surface area (Å²) in [5.74, 6) is 1.32. The average molecular weight is 378 g/mol. The van der Waals surface area contributed by atoms with Gasteiger partial charge in [-0.25, -0.2) is 4.98 Å². The minimum atomic E-state index is 0.0700. The number of rotatable bonds is 4. The SMILES string of the molecule is COc1cccc(/C=C/C(=O)N2CCC(c3nc4ccccc4s3)CC2)c1. The Bertz CT molecular complexity index is 938. The quantitative estimate of drug-likeness (QED) is 0.617. The van der Waals surface area contributed by atoms with Gasteiger partial charge in [-0.05, 0) is 48.7 Å². The maximum atomic E-state index is 12.5. The largest absolute Gasteiger partial charge is 0.497 e. The van der Waals surface area contributed by atoms with Crippen molar-refractivity contribution in [3.05, 3.63) is 65.2 Å². The molecule has 0 N–H and O–H groups in total. The van der Waals surface area contributed by atoms with Crippen molar-refractivity contribution in [1.29, 1.82) is 0 Å². The number of carbonyl (C=O) groups excluding carboxylic acids is 1. The Morgan fingerprint density at radius 3 is 2.78 bits per heavy atom. The van der Waals surface area contributed by atoms with E-state index in [4.69, 9.17) is 9.72 Å². The van der Waals surface area contributed by atoms with Crippen LogP contribution in [-0.4, -0.2) is 36.0 Å². The first-order valence-corrected chi connectivity index (χ1v) is 10.0. The summed E-state index contributed by atoms with van der Waals surface area (Å²) in [7, 11) is 1.64. The van der Waals surface area contributed by atoms with E-state index in [2.05, 4.69) is 18.2 Å². The van der Waals surface area contributed by atoms with E-state index in [1.54, 1.807) is 24.5 Å². The molecule has 4 rings (SSSR count). The standard InChI is InChI=1S/C22H22N2O2S/c1-26-18-6-4-5-16(15-18)9-10-21(25)24-13-11-17(12-14-24)22-23-19-7-2-3-8-20(19)27-22/h2-10,15,17H,11-14H2,1H3/b10-9+. The maximum absolute atomic E-state index is 12.5. The summed E-state index contributed by atoms with van der Waals surface area (Å²) in [5, 5.41) is 1.20. The summed E-state index contributed by atoms with van der Waals surface area (Å²) in [5.41, 5.74) is 2.05. The second-order valence-electron chi connectivity index (χ2n) is 6.73. The lowest BCUT2D eigenvalue weighted by atomic mass is 9.97. The molecule has 0 aliphatic carbocycles. The highest BCUT2D eigenvalue weighted by atomic mass is 32.1. The van der Waals surface area contributed by atoms with Crippen molar-refractivity contribution < 1.29 is 9.53 Å². The lowest BCUT2D eigenvalue weighted by Crippen LogP contribution is -2.36. The van der Waals surface area contributed by atoms with E-state index in [0.29, 0.717) is 5.92 Å². The van der Waals surface area contributed by atoms with Crippen LogP contribution >= 0.6 is 11.3 Å². The van der Waals surface area contributed by atoms with Crippen LogP contribution in [0.1, 0.15) is 29.3 Å². The Kier molecular flexibility index (Phi) is 5.21. The number of hydrogen-bond donors (Lipinski definition) is 0. The Hall–Kier alpha value is -2.66. The Morgan fingerprint density at radius 1 is 1.19 bits per heavy atom. The monoisotopic (exact) mass is 378 g/mol. The number of piperidine rings is 1. The number of amides is 1. The lowest BCUT2D eigenvalue weighted by molar-refractivity contribution is -0.126. The van der Waals surface area contributed by atoms with E-state index in [1.165, 1.54) is 9.71 Å². The van der Waals surface area contributed by atoms with Gasteiger partial charge in [0.15, 0.2) is 0 Å². The molecule has 1 aliphatic rings. The van der Waals surface area contributed by atoms with Gasteiger partial charge in [0.1, 0.15) is 5.75 Å². The molecule has 27 heavy (non-hydrogen) atoms. The van der Waals surface area contributed by atoms with E-state index in [-0.39, 0.29) is 5.91 Å². The van der Waals surface area contributed by atoms with E-state index in [1.807, 2.05) is 41.3 Å². The summed E-state index contributed by atoms with van der Waals surface area (Å²) in [6.07, 6.45) is 5.45. The van der Waals surface area contributed by atoms with Gasteiger partial charge in [-0.2, -0.15) is 0 Å². The van der Waals surface area contributed by atoms with Crippen LogP contribution in [0.15, 0.2) is 54.6 Å². The van der Waals surface area contributed by atoms with Crippen molar-refractivity contribution in [2.75, 3.05) is 20.2 Å². The Balaban J connectivity index is 1.36. The zero-order valence-corrected chi connectivity index (χ0v) is 16.1. The topological polar surface area (TPSA) is 42.4 Å². The van der Waals surface area contributed by atoms with Crippen LogP contribution in [-0.2, 0) is 4.79 Å². The minimum absolute atomic E-state index is 0.0700. The van der Waals surface area contributed by atoms with Gasteiger partial charge >= 0.3 is 0 Å². The second kappa shape index (κ2) is 7.92. The fraction of sp³-hybridized carbons (Fsp3) is 0.273. The summed E-state index contributed by atoms with van der Waals surface area (Å²) < 4.78 is 6.46. The molecule has 1 fully saturated rings. The third-order valence-electron chi connectivity index (χ3n) is 4.98. The number of benzene rings is 2. The van der Waals surface area contributed by atoms with Gasteiger partial charge in [0.2, 0.25) is 5.91 Å². The summed E-state index contributed by atoms with van der Waals surface area (Å²) >= 11 is 1.78. The third kappa shape index (κ3) is 4.03.